The van der Waals surface area contributed by atoms with Gasteiger partial charge in [-0.3, -0.25) is 14.4 Å². The molecule has 2 aromatic carbocycles. The quantitative estimate of drug-likeness (QED) is 0.791. The summed E-state index contributed by atoms with van der Waals surface area (Å²) in [6.07, 6.45) is 1.99. The average molecular weight is 393 g/mol. The zero-order valence-electron chi connectivity index (χ0n) is 16.7. The molecule has 2 aromatic rings. The van der Waals surface area contributed by atoms with Gasteiger partial charge in [0, 0.05) is 37.3 Å². The number of carbonyl (C=O) groups is 3. The average Bonchev–Trinajstić information content (AvgIpc) is 2.78. The Bertz CT molecular complexity index is 849. The largest absolute Gasteiger partial charge is 0.352 e. The maximum atomic E-state index is 12.8. The van der Waals surface area contributed by atoms with E-state index in [-0.39, 0.29) is 23.6 Å². The van der Waals surface area contributed by atoms with E-state index < -0.39 is 0 Å². The van der Waals surface area contributed by atoms with Gasteiger partial charge >= 0.3 is 0 Å². The third kappa shape index (κ3) is 5.67. The van der Waals surface area contributed by atoms with Crippen molar-refractivity contribution >= 4 is 23.4 Å². The minimum Gasteiger partial charge on any atom is -0.352 e. The van der Waals surface area contributed by atoms with Crippen LogP contribution in [0.3, 0.4) is 0 Å². The number of nitrogens with one attached hydrogen (secondary N) is 2. The van der Waals surface area contributed by atoms with Crippen LogP contribution >= 0.6 is 0 Å². The van der Waals surface area contributed by atoms with Crippen molar-refractivity contribution in [1.82, 2.24) is 10.2 Å². The summed E-state index contributed by atoms with van der Waals surface area (Å²) in [6, 6.07) is 16.7. The first-order valence-corrected chi connectivity index (χ1v) is 10.1. The molecule has 1 saturated heterocycles. The SMILES string of the molecule is CCC(=O)Nc1ccc(C(=O)N2CCCC(C(=O)NCc3ccccc3)C2)cc1. The summed E-state index contributed by atoms with van der Waals surface area (Å²) in [7, 11) is 0. The number of benzene rings is 2. The van der Waals surface area contributed by atoms with Gasteiger partial charge in [0.25, 0.3) is 5.91 Å². The smallest absolute Gasteiger partial charge is 0.253 e. The summed E-state index contributed by atoms with van der Waals surface area (Å²) < 4.78 is 0. The number of hydrogen-bond acceptors (Lipinski definition) is 3. The zero-order chi connectivity index (χ0) is 20.6. The van der Waals surface area contributed by atoms with Gasteiger partial charge in [-0.25, -0.2) is 0 Å². The highest BCUT2D eigenvalue weighted by molar-refractivity contribution is 5.96. The van der Waals surface area contributed by atoms with Gasteiger partial charge in [-0.2, -0.15) is 0 Å². The molecule has 3 rings (SSSR count). The molecule has 6 nitrogen and oxygen atoms in total. The van der Waals surface area contributed by atoms with Crippen LogP contribution in [0.4, 0.5) is 5.69 Å². The summed E-state index contributed by atoms with van der Waals surface area (Å²) in [5.41, 5.74) is 2.29. The number of hydrogen-bond donors (Lipinski definition) is 2. The number of likely N-dealkylation sites (tertiary alicyclic amines) is 1. The highest BCUT2D eigenvalue weighted by Crippen LogP contribution is 2.20. The van der Waals surface area contributed by atoms with Gasteiger partial charge in [0.15, 0.2) is 0 Å². The molecule has 0 saturated carbocycles. The molecule has 0 spiro atoms. The van der Waals surface area contributed by atoms with Gasteiger partial charge in [0.05, 0.1) is 5.92 Å². The van der Waals surface area contributed by atoms with Gasteiger partial charge < -0.3 is 15.5 Å². The van der Waals surface area contributed by atoms with E-state index in [4.69, 9.17) is 0 Å². The Morgan fingerprint density at radius 3 is 2.45 bits per heavy atom. The molecule has 1 aliphatic rings. The summed E-state index contributed by atoms with van der Waals surface area (Å²) in [5, 5.41) is 5.75. The van der Waals surface area contributed by atoms with Crippen molar-refractivity contribution in [2.24, 2.45) is 5.92 Å². The van der Waals surface area contributed by atoms with Crippen LogP contribution in [0.5, 0.6) is 0 Å². The zero-order valence-corrected chi connectivity index (χ0v) is 16.7. The van der Waals surface area contributed by atoms with Gasteiger partial charge in [-0.15, -0.1) is 0 Å². The van der Waals surface area contributed by atoms with E-state index in [1.165, 1.54) is 0 Å². The second-order valence-electron chi connectivity index (χ2n) is 7.27. The summed E-state index contributed by atoms with van der Waals surface area (Å²) in [6.45, 7) is 3.36. The van der Waals surface area contributed by atoms with E-state index in [1.54, 1.807) is 36.1 Å². The molecule has 29 heavy (non-hydrogen) atoms. The van der Waals surface area contributed by atoms with Crippen LogP contribution < -0.4 is 10.6 Å². The summed E-state index contributed by atoms with van der Waals surface area (Å²) in [4.78, 5) is 38.6. The van der Waals surface area contributed by atoms with E-state index in [0.717, 1.165) is 18.4 Å². The number of carbonyl (C=O) groups excluding carboxylic acids is 3. The number of piperidine rings is 1. The molecule has 0 radical (unpaired) electrons. The molecule has 1 unspecified atom stereocenters. The molecule has 3 amide bonds. The molecule has 1 heterocycles. The van der Waals surface area contributed by atoms with Crippen molar-refractivity contribution in [2.75, 3.05) is 18.4 Å². The van der Waals surface area contributed by atoms with Crippen molar-refractivity contribution in [3.63, 3.8) is 0 Å². The lowest BCUT2D eigenvalue weighted by Gasteiger charge is -2.32. The first kappa shape index (κ1) is 20.6. The van der Waals surface area contributed by atoms with Crippen molar-refractivity contribution in [2.45, 2.75) is 32.7 Å². The van der Waals surface area contributed by atoms with E-state index in [2.05, 4.69) is 10.6 Å². The Labute approximate surface area is 171 Å². The minimum atomic E-state index is -0.195. The van der Waals surface area contributed by atoms with Crippen LogP contribution in [0, 0.1) is 5.92 Å². The van der Waals surface area contributed by atoms with E-state index in [1.807, 2.05) is 30.3 Å². The molecule has 2 N–H and O–H groups in total. The standard InChI is InChI=1S/C23H27N3O3/c1-2-21(27)25-20-12-10-18(11-13-20)23(29)26-14-6-9-19(16-26)22(28)24-15-17-7-4-3-5-8-17/h3-5,7-8,10-13,19H,2,6,9,14-16H2,1H3,(H,24,28)(H,25,27). The van der Waals surface area contributed by atoms with Gasteiger partial charge in [0.2, 0.25) is 11.8 Å². The van der Waals surface area contributed by atoms with Gasteiger partial charge in [-0.05, 0) is 42.7 Å². The Kier molecular flexibility index (Phi) is 7.00. The molecule has 1 aliphatic heterocycles. The lowest BCUT2D eigenvalue weighted by molar-refractivity contribution is -0.126. The van der Waals surface area contributed by atoms with Crippen molar-refractivity contribution in [1.29, 1.82) is 0 Å². The number of nitrogens with zero attached hydrogens (tertiary/aromatic N) is 1. The second kappa shape index (κ2) is 9.87. The predicted molar refractivity (Wildman–Crippen MR) is 112 cm³/mol. The van der Waals surface area contributed by atoms with Crippen LogP contribution in [0.15, 0.2) is 54.6 Å². The molecule has 6 heteroatoms. The predicted octanol–water partition coefficient (Wildman–Crippen LogP) is 3.20. The Morgan fingerprint density at radius 1 is 1.03 bits per heavy atom. The van der Waals surface area contributed by atoms with E-state index in [9.17, 15) is 14.4 Å². The first-order chi connectivity index (χ1) is 14.1. The van der Waals surface area contributed by atoms with Crippen LogP contribution in [-0.4, -0.2) is 35.7 Å². The molecule has 152 valence electrons. The molecular weight excluding hydrogens is 366 g/mol. The molecule has 1 atom stereocenters. The minimum absolute atomic E-state index is 0.0102. The third-order valence-corrected chi connectivity index (χ3v) is 5.13. The topological polar surface area (TPSA) is 78.5 Å². The fraction of sp³-hybridized carbons (Fsp3) is 0.348. The van der Waals surface area contributed by atoms with Crippen molar-refractivity contribution in [3.8, 4) is 0 Å². The maximum Gasteiger partial charge on any atom is 0.253 e. The molecule has 0 aromatic heterocycles. The van der Waals surface area contributed by atoms with Crippen LogP contribution in [-0.2, 0) is 16.1 Å². The summed E-state index contributed by atoms with van der Waals surface area (Å²) in [5.74, 6) is -0.355. The molecule has 0 aliphatic carbocycles. The second-order valence-corrected chi connectivity index (χ2v) is 7.27. The lowest BCUT2D eigenvalue weighted by Crippen LogP contribution is -2.45. The third-order valence-electron chi connectivity index (χ3n) is 5.13. The Hall–Kier alpha value is -3.15. The fourth-order valence-corrected chi connectivity index (χ4v) is 3.43. The molecule has 1 fully saturated rings. The van der Waals surface area contributed by atoms with Gasteiger partial charge in [-0.1, -0.05) is 37.3 Å². The van der Waals surface area contributed by atoms with Gasteiger partial charge in [0.1, 0.15) is 0 Å². The first-order valence-electron chi connectivity index (χ1n) is 10.1. The molecule has 0 bridgehead atoms. The van der Waals surface area contributed by atoms with E-state index in [0.29, 0.717) is 37.3 Å². The van der Waals surface area contributed by atoms with Crippen molar-refractivity contribution in [3.05, 3.63) is 65.7 Å². The summed E-state index contributed by atoms with van der Waals surface area (Å²) >= 11 is 0. The van der Waals surface area contributed by atoms with Crippen molar-refractivity contribution < 1.29 is 14.4 Å². The number of amides is 3. The normalized spacial score (nSPS) is 16.2. The highest BCUT2D eigenvalue weighted by atomic mass is 16.2. The van der Waals surface area contributed by atoms with Crippen LogP contribution in [0.25, 0.3) is 0 Å². The van der Waals surface area contributed by atoms with Crippen LogP contribution in [0.1, 0.15) is 42.1 Å². The maximum absolute atomic E-state index is 12.8. The van der Waals surface area contributed by atoms with E-state index >= 15 is 0 Å². The monoisotopic (exact) mass is 393 g/mol. The number of rotatable bonds is 6. The molecular formula is C23H27N3O3. The Morgan fingerprint density at radius 2 is 1.76 bits per heavy atom. The Balaban J connectivity index is 1.56. The lowest BCUT2D eigenvalue weighted by atomic mass is 9.96. The number of anilines is 1. The highest BCUT2D eigenvalue weighted by Gasteiger charge is 2.28. The van der Waals surface area contributed by atoms with Crippen LogP contribution in [0.2, 0.25) is 0 Å². The fourth-order valence-electron chi connectivity index (χ4n) is 3.43.